The second-order valence-corrected chi connectivity index (χ2v) is 7.87. The van der Waals surface area contributed by atoms with Crippen molar-refractivity contribution in [2.24, 2.45) is 17.3 Å². The zero-order valence-electron chi connectivity index (χ0n) is 13.9. The maximum atomic E-state index is 12.0. The Labute approximate surface area is 128 Å². The lowest BCUT2D eigenvalue weighted by molar-refractivity contribution is -0.148. The summed E-state index contributed by atoms with van der Waals surface area (Å²) < 4.78 is 0. The second kappa shape index (κ2) is 6.47. The lowest BCUT2D eigenvalue weighted by atomic mass is 9.70. The van der Waals surface area contributed by atoms with Gasteiger partial charge in [-0.1, -0.05) is 20.8 Å². The van der Waals surface area contributed by atoms with Gasteiger partial charge in [-0.25, -0.2) is 0 Å². The Morgan fingerprint density at radius 3 is 2.29 bits per heavy atom. The van der Waals surface area contributed by atoms with Crippen molar-refractivity contribution in [1.82, 2.24) is 10.2 Å². The molecular weight excluding hydrogens is 264 g/mol. The minimum atomic E-state index is -0.159. The predicted molar refractivity (Wildman–Crippen MR) is 83.7 cm³/mol. The summed E-state index contributed by atoms with van der Waals surface area (Å²) in [4.78, 5) is 24.8. The lowest BCUT2D eigenvalue weighted by Gasteiger charge is -2.37. The predicted octanol–water partition coefficient (Wildman–Crippen LogP) is 2.58. The van der Waals surface area contributed by atoms with E-state index in [-0.39, 0.29) is 17.9 Å². The van der Waals surface area contributed by atoms with Crippen molar-refractivity contribution >= 4 is 11.8 Å². The summed E-state index contributed by atoms with van der Waals surface area (Å²) in [6, 6.07) is -0.159. The highest BCUT2D eigenvalue weighted by atomic mass is 16.2. The van der Waals surface area contributed by atoms with Crippen molar-refractivity contribution in [3.05, 3.63) is 0 Å². The van der Waals surface area contributed by atoms with Gasteiger partial charge in [-0.2, -0.15) is 0 Å². The van der Waals surface area contributed by atoms with Crippen LogP contribution in [0, 0.1) is 17.3 Å². The summed E-state index contributed by atoms with van der Waals surface area (Å²) in [6.45, 7) is 7.92. The van der Waals surface area contributed by atoms with Crippen LogP contribution in [0.3, 0.4) is 0 Å². The van der Waals surface area contributed by atoms with Crippen LogP contribution in [-0.4, -0.2) is 36.3 Å². The minimum Gasteiger partial charge on any atom is -0.306 e. The molecule has 1 N–H and O–H groups in total. The summed E-state index contributed by atoms with van der Waals surface area (Å²) in [5.41, 5.74) is 0.417. The van der Waals surface area contributed by atoms with Crippen molar-refractivity contribution in [2.75, 3.05) is 13.6 Å². The van der Waals surface area contributed by atoms with E-state index in [1.165, 1.54) is 30.6 Å². The molecule has 2 amide bonds. The summed E-state index contributed by atoms with van der Waals surface area (Å²) in [5, 5.41) is 3.40. The Hall–Kier alpha value is -0.900. The van der Waals surface area contributed by atoms with Crippen molar-refractivity contribution in [2.45, 2.75) is 65.3 Å². The maximum absolute atomic E-state index is 12.0. The van der Waals surface area contributed by atoms with Crippen molar-refractivity contribution in [3.8, 4) is 0 Å². The van der Waals surface area contributed by atoms with Crippen LogP contribution in [0.5, 0.6) is 0 Å². The van der Waals surface area contributed by atoms with Crippen LogP contribution in [0.1, 0.15) is 59.3 Å². The number of piperidine rings is 1. The molecule has 0 aromatic rings. The minimum absolute atomic E-state index is 0.0521. The van der Waals surface area contributed by atoms with Gasteiger partial charge >= 0.3 is 0 Å². The SMILES string of the molecule is CN1C(=O)CCC(NCC2CCC(C(C)(C)C)CC2)C1=O. The first-order valence-electron chi connectivity index (χ1n) is 8.33. The molecule has 4 nitrogen and oxygen atoms in total. The van der Waals surface area contributed by atoms with E-state index >= 15 is 0 Å². The third kappa shape index (κ3) is 4.06. The third-order valence-corrected chi connectivity index (χ3v) is 5.37. The molecule has 1 atom stereocenters. The molecule has 120 valence electrons. The number of carbonyl (C=O) groups is 2. The summed E-state index contributed by atoms with van der Waals surface area (Å²) >= 11 is 0. The fraction of sp³-hybridized carbons (Fsp3) is 0.882. The fourth-order valence-electron chi connectivity index (χ4n) is 3.65. The monoisotopic (exact) mass is 294 g/mol. The number of carbonyl (C=O) groups excluding carboxylic acids is 2. The first-order chi connectivity index (χ1) is 9.79. The van der Waals surface area contributed by atoms with Gasteiger partial charge in [-0.3, -0.25) is 14.5 Å². The van der Waals surface area contributed by atoms with Gasteiger partial charge in [0.15, 0.2) is 0 Å². The Balaban J connectivity index is 1.75. The molecule has 1 aliphatic carbocycles. The highest BCUT2D eigenvalue weighted by Crippen LogP contribution is 2.39. The van der Waals surface area contributed by atoms with Crippen molar-refractivity contribution in [1.29, 1.82) is 0 Å². The van der Waals surface area contributed by atoms with E-state index in [1.807, 2.05) is 0 Å². The van der Waals surface area contributed by atoms with Crippen molar-refractivity contribution < 1.29 is 9.59 Å². The number of hydrogen-bond acceptors (Lipinski definition) is 3. The Kier molecular flexibility index (Phi) is 5.07. The van der Waals surface area contributed by atoms with Crippen LogP contribution in [0.15, 0.2) is 0 Å². The summed E-state index contributed by atoms with van der Waals surface area (Å²) in [7, 11) is 1.59. The Morgan fingerprint density at radius 1 is 1.10 bits per heavy atom. The molecule has 1 aliphatic heterocycles. The smallest absolute Gasteiger partial charge is 0.246 e. The van der Waals surface area contributed by atoms with E-state index in [1.54, 1.807) is 7.05 Å². The second-order valence-electron chi connectivity index (χ2n) is 7.87. The Morgan fingerprint density at radius 2 is 1.71 bits per heavy atom. The highest BCUT2D eigenvalue weighted by Gasteiger charge is 2.33. The average molecular weight is 294 g/mol. The zero-order valence-corrected chi connectivity index (χ0v) is 13.9. The van der Waals surface area contributed by atoms with Crippen LogP contribution in [0.4, 0.5) is 0 Å². The molecule has 1 saturated carbocycles. The van der Waals surface area contributed by atoms with Gasteiger partial charge in [0.25, 0.3) is 0 Å². The van der Waals surface area contributed by atoms with Crippen LogP contribution in [0.2, 0.25) is 0 Å². The van der Waals surface area contributed by atoms with E-state index in [9.17, 15) is 9.59 Å². The third-order valence-electron chi connectivity index (χ3n) is 5.37. The lowest BCUT2D eigenvalue weighted by Crippen LogP contribution is -2.52. The van der Waals surface area contributed by atoms with E-state index in [0.29, 0.717) is 24.2 Å². The molecule has 1 unspecified atom stereocenters. The first-order valence-corrected chi connectivity index (χ1v) is 8.33. The van der Waals surface area contributed by atoms with Gasteiger partial charge in [-0.05, 0) is 55.9 Å². The van der Waals surface area contributed by atoms with E-state index < -0.39 is 0 Å². The molecule has 21 heavy (non-hydrogen) atoms. The topological polar surface area (TPSA) is 49.4 Å². The average Bonchev–Trinajstić information content (AvgIpc) is 2.43. The van der Waals surface area contributed by atoms with Gasteiger partial charge in [0.1, 0.15) is 0 Å². The molecule has 1 heterocycles. The van der Waals surface area contributed by atoms with Gasteiger partial charge in [0.05, 0.1) is 6.04 Å². The number of hydrogen-bond donors (Lipinski definition) is 1. The molecule has 0 spiro atoms. The molecule has 4 heteroatoms. The number of imide groups is 1. The van der Waals surface area contributed by atoms with Gasteiger partial charge in [-0.15, -0.1) is 0 Å². The van der Waals surface area contributed by atoms with Gasteiger partial charge < -0.3 is 5.32 Å². The molecule has 2 rings (SSSR count). The quantitative estimate of drug-likeness (QED) is 0.814. The Bertz CT molecular complexity index is 392. The molecule has 0 aromatic heterocycles. The normalized spacial score (nSPS) is 31.6. The van der Waals surface area contributed by atoms with E-state index in [0.717, 1.165) is 12.5 Å². The van der Waals surface area contributed by atoms with Gasteiger partial charge in [0.2, 0.25) is 11.8 Å². The summed E-state index contributed by atoms with van der Waals surface area (Å²) in [5.74, 6) is 1.39. The largest absolute Gasteiger partial charge is 0.306 e. The molecule has 0 radical (unpaired) electrons. The fourth-order valence-corrected chi connectivity index (χ4v) is 3.65. The van der Waals surface area contributed by atoms with Gasteiger partial charge in [0, 0.05) is 13.5 Å². The van der Waals surface area contributed by atoms with Crippen LogP contribution < -0.4 is 5.32 Å². The number of rotatable bonds is 3. The molecule has 2 fully saturated rings. The zero-order chi connectivity index (χ0) is 15.6. The maximum Gasteiger partial charge on any atom is 0.246 e. The molecular formula is C17H30N2O2. The number of nitrogens with zero attached hydrogens (tertiary/aromatic N) is 1. The van der Waals surface area contributed by atoms with Crippen LogP contribution in [0.25, 0.3) is 0 Å². The molecule has 0 bridgehead atoms. The number of likely N-dealkylation sites (N-methyl/N-ethyl adjacent to an activating group) is 1. The highest BCUT2D eigenvalue weighted by molar-refractivity contribution is 6.00. The number of amides is 2. The van der Waals surface area contributed by atoms with Crippen LogP contribution in [-0.2, 0) is 9.59 Å². The van der Waals surface area contributed by atoms with Crippen molar-refractivity contribution in [3.63, 3.8) is 0 Å². The molecule has 2 aliphatic rings. The summed E-state index contributed by atoms with van der Waals surface area (Å²) in [6.07, 6.45) is 6.24. The van der Waals surface area contributed by atoms with E-state index in [2.05, 4.69) is 26.1 Å². The molecule has 0 aromatic carbocycles. The molecule has 1 saturated heterocycles. The van der Waals surface area contributed by atoms with E-state index in [4.69, 9.17) is 0 Å². The van der Waals surface area contributed by atoms with Crippen LogP contribution >= 0.6 is 0 Å². The number of nitrogens with one attached hydrogen (secondary N) is 1. The number of likely N-dealkylation sites (tertiary alicyclic amines) is 1. The first kappa shape index (κ1) is 16.5. The standard InChI is InChI=1S/C17H30N2O2/c1-17(2,3)13-7-5-12(6-8-13)11-18-14-9-10-15(20)19(4)16(14)21/h12-14,18H,5-11H2,1-4H3.